The first-order valence-corrected chi connectivity index (χ1v) is 15.8. The van der Waals surface area contributed by atoms with Gasteiger partial charge in [0.15, 0.2) is 0 Å². The van der Waals surface area contributed by atoms with Crippen LogP contribution >= 0.6 is 0 Å². The molecule has 3 rings (SSSR count). The summed E-state index contributed by atoms with van der Waals surface area (Å²) < 4.78 is 34.6. The number of sulfonamides is 1. The number of aryl methyl sites for hydroxylation is 1. The van der Waals surface area contributed by atoms with E-state index in [0.717, 1.165) is 27.4 Å². The number of amides is 2. The van der Waals surface area contributed by atoms with Crippen LogP contribution in [0.3, 0.4) is 0 Å². The SMILES string of the molecule is CCCNC(=O)[C@H](CC)N(Cc1cccc(OC)c1)C(=O)CN(c1ccc(C(C)C)cc1)S(=O)(=O)c1ccc(C)cc1. The molecule has 3 aromatic carbocycles. The van der Waals surface area contributed by atoms with Gasteiger partial charge in [0.25, 0.3) is 10.0 Å². The third-order valence-electron chi connectivity index (χ3n) is 7.16. The summed E-state index contributed by atoms with van der Waals surface area (Å²) >= 11 is 0. The van der Waals surface area contributed by atoms with E-state index in [9.17, 15) is 18.0 Å². The summed E-state index contributed by atoms with van der Waals surface area (Å²) in [5, 5.41) is 2.90. The van der Waals surface area contributed by atoms with Crippen molar-refractivity contribution < 1.29 is 22.7 Å². The Bertz CT molecular complexity index is 1440. The molecule has 0 saturated heterocycles. The largest absolute Gasteiger partial charge is 0.497 e. The van der Waals surface area contributed by atoms with E-state index in [1.165, 1.54) is 4.90 Å². The van der Waals surface area contributed by atoms with Crippen LogP contribution < -0.4 is 14.4 Å². The summed E-state index contributed by atoms with van der Waals surface area (Å²) in [5.41, 5.74) is 3.11. The number of benzene rings is 3. The molecular weight excluding hydrogens is 550 g/mol. The molecule has 0 bridgehead atoms. The minimum Gasteiger partial charge on any atom is -0.497 e. The zero-order valence-corrected chi connectivity index (χ0v) is 26.3. The summed E-state index contributed by atoms with van der Waals surface area (Å²) in [7, 11) is -2.55. The highest BCUT2D eigenvalue weighted by atomic mass is 32.2. The molecule has 226 valence electrons. The zero-order valence-electron chi connectivity index (χ0n) is 25.5. The predicted molar refractivity (Wildman–Crippen MR) is 167 cm³/mol. The van der Waals surface area contributed by atoms with E-state index < -0.39 is 28.5 Å². The Labute approximate surface area is 250 Å². The molecule has 0 fully saturated rings. The Morgan fingerprint density at radius 2 is 1.62 bits per heavy atom. The van der Waals surface area contributed by atoms with Crippen LogP contribution in [-0.4, -0.2) is 51.4 Å². The first kappa shape index (κ1) is 32.7. The van der Waals surface area contributed by atoms with Gasteiger partial charge in [-0.1, -0.05) is 69.7 Å². The Hall–Kier alpha value is -3.85. The van der Waals surface area contributed by atoms with Crippen molar-refractivity contribution in [3.63, 3.8) is 0 Å². The summed E-state index contributed by atoms with van der Waals surface area (Å²) in [4.78, 5) is 29.0. The van der Waals surface area contributed by atoms with Gasteiger partial charge in [-0.2, -0.15) is 0 Å². The number of hydrogen-bond donors (Lipinski definition) is 1. The third-order valence-corrected chi connectivity index (χ3v) is 8.95. The van der Waals surface area contributed by atoms with Crippen molar-refractivity contribution in [3.8, 4) is 5.75 Å². The van der Waals surface area contributed by atoms with Crippen LogP contribution in [-0.2, 0) is 26.2 Å². The van der Waals surface area contributed by atoms with Crippen molar-refractivity contribution in [1.29, 1.82) is 0 Å². The zero-order chi connectivity index (χ0) is 30.9. The third kappa shape index (κ3) is 8.12. The molecule has 1 atom stereocenters. The Morgan fingerprint density at radius 3 is 2.19 bits per heavy atom. The highest BCUT2D eigenvalue weighted by molar-refractivity contribution is 7.92. The second-order valence-corrected chi connectivity index (χ2v) is 12.5. The fourth-order valence-corrected chi connectivity index (χ4v) is 6.06. The smallest absolute Gasteiger partial charge is 0.264 e. The van der Waals surface area contributed by atoms with Crippen LogP contribution in [0, 0.1) is 6.92 Å². The van der Waals surface area contributed by atoms with Crippen molar-refractivity contribution in [2.45, 2.75) is 70.9 Å². The number of hydrogen-bond acceptors (Lipinski definition) is 5. The molecule has 8 nitrogen and oxygen atoms in total. The Morgan fingerprint density at radius 1 is 0.952 bits per heavy atom. The second kappa shape index (κ2) is 14.9. The van der Waals surface area contributed by atoms with Crippen LogP contribution in [0.25, 0.3) is 0 Å². The number of anilines is 1. The Balaban J connectivity index is 2.07. The van der Waals surface area contributed by atoms with Gasteiger partial charge in [-0.05, 0) is 73.2 Å². The molecule has 0 saturated carbocycles. The summed E-state index contributed by atoms with van der Waals surface area (Å²) in [6.45, 7) is 9.91. The molecule has 0 aliphatic carbocycles. The topological polar surface area (TPSA) is 96.0 Å². The van der Waals surface area contributed by atoms with E-state index in [-0.39, 0.29) is 23.3 Å². The quantitative estimate of drug-likeness (QED) is 0.260. The first-order valence-electron chi connectivity index (χ1n) is 14.4. The fraction of sp³-hybridized carbons (Fsp3) is 0.394. The molecule has 9 heteroatoms. The maximum atomic E-state index is 14.2. The van der Waals surface area contributed by atoms with E-state index in [4.69, 9.17) is 4.74 Å². The number of carbonyl (C=O) groups is 2. The number of ether oxygens (including phenoxy) is 1. The molecule has 3 aromatic rings. The van der Waals surface area contributed by atoms with E-state index in [1.54, 1.807) is 49.6 Å². The maximum absolute atomic E-state index is 14.2. The van der Waals surface area contributed by atoms with E-state index in [2.05, 4.69) is 19.2 Å². The average Bonchev–Trinajstić information content (AvgIpc) is 2.98. The molecule has 0 aromatic heterocycles. The van der Waals surface area contributed by atoms with E-state index in [0.29, 0.717) is 24.4 Å². The van der Waals surface area contributed by atoms with Gasteiger partial charge in [0, 0.05) is 13.1 Å². The summed E-state index contributed by atoms with van der Waals surface area (Å²) in [6, 6.07) is 20.3. The number of rotatable bonds is 14. The molecule has 1 N–H and O–H groups in total. The van der Waals surface area contributed by atoms with Crippen LogP contribution in [0.4, 0.5) is 5.69 Å². The summed E-state index contributed by atoms with van der Waals surface area (Å²) in [5.74, 6) is 0.120. The van der Waals surface area contributed by atoms with Gasteiger partial charge >= 0.3 is 0 Å². The second-order valence-electron chi connectivity index (χ2n) is 10.7. The fourth-order valence-electron chi connectivity index (χ4n) is 4.64. The molecule has 2 amide bonds. The van der Waals surface area contributed by atoms with Gasteiger partial charge in [0.1, 0.15) is 18.3 Å². The highest BCUT2D eigenvalue weighted by Gasteiger charge is 2.33. The molecule has 0 heterocycles. The van der Waals surface area contributed by atoms with E-state index in [1.807, 2.05) is 51.1 Å². The lowest BCUT2D eigenvalue weighted by Crippen LogP contribution is -2.52. The normalized spacial score (nSPS) is 12.1. The minimum atomic E-state index is -4.12. The monoisotopic (exact) mass is 593 g/mol. The van der Waals surface area contributed by atoms with Crippen molar-refractivity contribution in [3.05, 3.63) is 89.5 Å². The van der Waals surface area contributed by atoms with Gasteiger partial charge in [-0.3, -0.25) is 13.9 Å². The van der Waals surface area contributed by atoms with Gasteiger partial charge in [-0.25, -0.2) is 8.42 Å². The minimum absolute atomic E-state index is 0.0842. The molecular formula is C33H43N3O5S. The van der Waals surface area contributed by atoms with Crippen LogP contribution in [0.15, 0.2) is 77.7 Å². The standard InChI is InChI=1S/C33H43N3O5S/c1-7-20-34-33(38)31(8-2)35(22-26-10-9-11-29(21-26)41-6)32(37)23-36(28-16-14-27(15-17-28)24(3)4)42(39,40)30-18-12-25(5)13-19-30/h9-19,21,24,31H,7-8,20,22-23H2,1-6H3,(H,34,38)/t31-/m0/s1. The predicted octanol–water partition coefficient (Wildman–Crippen LogP) is 5.66. The molecule has 0 unspecified atom stereocenters. The lowest BCUT2D eigenvalue weighted by Gasteiger charge is -2.33. The van der Waals surface area contributed by atoms with Crippen LogP contribution in [0.1, 0.15) is 63.1 Å². The van der Waals surface area contributed by atoms with Crippen molar-refractivity contribution in [2.24, 2.45) is 0 Å². The molecule has 0 aliphatic rings. The molecule has 0 spiro atoms. The van der Waals surface area contributed by atoms with Gasteiger partial charge < -0.3 is 15.0 Å². The lowest BCUT2D eigenvalue weighted by molar-refractivity contribution is -0.140. The number of nitrogens with one attached hydrogen (secondary N) is 1. The first-order chi connectivity index (χ1) is 20.0. The van der Waals surface area contributed by atoms with Gasteiger partial charge in [0.05, 0.1) is 17.7 Å². The van der Waals surface area contributed by atoms with Crippen LogP contribution in [0.2, 0.25) is 0 Å². The molecule has 0 aliphatic heterocycles. The van der Waals surface area contributed by atoms with E-state index >= 15 is 0 Å². The Kier molecular flexibility index (Phi) is 11.6. The van der Waals surface area contributed by atoms with Crippen LogP contribution in [0.5, 0.6) is 5.75 Å². The van der Waals surface area contributed by atoms with Crippen molar-refractivity contribution in [1.82, 2.24) is 10.2 Å². The summed E-state index contributed by atoms with van der Waals surface area (Å²) in [6.07, 6.45) is 1.11. The lowest BCUT2D eigenvalue weighted by atomic mass is 10.0. The van der Waals surface area contributed by atoms with Gasteiger partial charge in [-0.15, -0.1) is 0 Å². The number of nitrogens with zero attached hydrogens (tertiary/aromatic N) is 2. The molecule has 0 radical (unpaired) electrons. The maximum Gasteiger partial charge on any atom is 0.264 e. The number of carbonyl (C=O) groups excluding carboxylic acids is 2. The number of methoxy groups -OCH3 is 1. The average molecular weight is 594 g/mol. The highest BCUT2D eigenvalue weighted by Crippen LogP contribution is 2.27. The van der Waals surface area contributed by atoms with Crippen molar-refractivity contribution in [2.75, 3.05) is 24.5 Å². The van der Waals surface area contributed by atoms with Crippen molar-refractivity contribution >= 4 is 27.5 Å². The molecule has 42 heavy (non-hydrogen) atoms. The van der Waals surface area contributed by atoms with Gasteiger partial charge in [0.2, 0.25) is 11.8 Å².